The second kappa shape index (κ2) is 16.4. The number of morpholine rings is 1. The van der Waals surface area contributed by atoms with Crippen LogP contribution in [0, 0.1) is 5.92 Å². The van der Waals surface area contributed by atoms with E-state index in [9.17, 15) is 9.59 Å². The molecule has 0 spiro atoms. The van der Waals surface area contributed by atoms with Crippen LogP contribution >= 0.6 is 0 Å². The lowest BCUT2D eigenvalue weighted by Gasteiger charge is -2.35. The molecule has 1 heterocycles. The molecule has 2 fully saturated rings. The number of Topliss-reactive ketones (excluding diaryl/α,β-unsaturated/α-hetero) is 1. The topological polar surface area (TPSA) is 74.3 Å². The van der Waals surface area contributed by atoms with Crippen LogP contribution < -0.4 is 0 Å². The predicted molar refractivity (Wildman–Crippen MR) is 155 cm³/mol. The number of allylic oxidation sites excluding steroid dienone is 2. The van der Waals surface area contributed by atoms with Crippen LogP contribution in [0.3, 0.4) is 0 Å². The molecular formula is C33H43NO6. The maximum absolute atomic E-state index is 13.2. The number of esters is 1. The van der Waals surface area contributed by atoms with Gasteiger partial charge in [-0.25, -0.2) is 0 Å². The standard InChI is InChI=1S/C33H43NO6/c1-37-25-40-32(36)14-8-3-2-7-13-29-31(24-30(35)33(29)34-19-22-38-23-20-34)39-21-9-10-26-15-17-28(18-16-26)27-11-5-4-6-12-27/h2-6,11-12,15-18,29,31,33H,7-10,13-14,19-25H2,1H3/b3-2-/t29?,31-,33+/m0/s1. The highest BCUT2D eigenvalue weighted by Crippen LogP contribution is 2.34. The molecule has 0 aromatic heterocycles. The minimum absolute atomic E-state index is 0.0108. The molecule has 1 aliphatic carbocycles. The lowest BCUT2D eigenvalue weighted by Crippen LogP contribution is -2.49. The van der Waals surface area contributed by atoms with Gasteiger partial charge in [0.25, 0.3) is 0 Å². The molecule has 0 radical (unpaired) electrons. The zero-order valence-electron chi connectivity index (χ0n) is 23.7. The molecule has 1 saturated carbocycles. The third-order valence-corrected chi connectivity index (χ3v) is 7.74. The molecule has 3 atom stereocenters. The van der Waals surface area contributed by atoms with E-state index in [1.54, 1.807) is 0 Å². The third kappa shape index (κ3) is 9.10. The summed E-state index contributed by atoms with van der Waals surface area (Å²) in [6.07, 6.45) is 9.11. The van der Waals surface area contributed by atoms with Crippen LogP contribution in [0.1, 0.15) is 44.1 Å². The maximum Gasteiger partial charge on any atom is 0.308 e. The fourth-order valence-corrected chi connectivity index (χ4v) is 5.70. The van der Waals surface area contributed by atoms with Gasteiger partial charge >= 0.3 is 5.97 Å². The van der Waals surface area contributed by atoms with E-state index in [2.05, 4.69) is 59.5 Å². The number of hydrogen-bond acceptors (Lipinski definition) is 7. The number of carbonyl (C=O) groups is 2. The Morgan fingerprint density at radius 3 is 2.48 bits per heavy atom. The van der Waals surface area contributed by atoms with Gasteiger partial charge in [-0.1, -0.05) is 66.7 Å². The van der Waals surface area contributed by atoms with E-state index >= 15 is 0 Å². The molecule has 7 heteroatoms. The van der Waals surface area contributed by atoms with Crippen molar-refractivity contribution >= 4 is 11.8 Å². The summed E-state index contributed by atoms with van der Waals surface area (Å²) in [4.78, 5) is 27.1. The van der Waals surface area contributed by atoms with Crippen molar-refractivity contribution in [2.45, 2.75) is 57.1 Å². The van der Waals surface area contributed by atoms with E-state index in [1.807, 2.05) is 12.1 Å². The summed E-state index contributed by atoms with van der Waals surface area (Å²) in [5.41, 5.74) is 3.75. The fourth-order valence-electron chi connectivity index (χ4n) is 5.70. The lowest BCUT2D eigenvalue weighted by atomic mass is 9.93. The van der Waals surface area contributed by atoms with Gasteiger partial charge in [0.2, 0.25) is 0 Å². The largest absolute Gasteiger partial charge is 0.438 e. The molecule has 0 amide bonds. The van der Waals surface area contributed by atoms with E-state index in [-0.39, 0.29) is 30.8 Å². The number of nitrogens with zero attached hydrogens (tertiary/aromatic N) is 1. The molecular weight excluding hydrogens is 506 g/mol. The average Bonchev–Trinajstić information content (AvgIpc) is 3.31. The van der Waals surface area contributed by atoms with E-state index in [1.165, 1.54) is 23.8 Å². The molecule has 0 N–H and O–H groups in total. The molecule has 2 aromatic carbocycles. The van der Waals surface area contributed by atoms with Crippen LogP contribution in [0.4, 0.5) is 0 Å². The Morgan fingerprint density at radius 2 is 1.73 bits per heavy atom. The molecule has 7 nitrogen and oxygen atoms in total. The van der Waals surface area contributed by atoms with Crippen molar-refractivity contribution in [1.82, 2.24) is 4.90 Å². The summed E-state index contributed by atoms with van der Waals surface area (Å²) < 4.78 is 21.6. The van der Waals surface area contributed by atoms with Gasteiger partial charge in [-0.2, -0.15) is 0 Å². The van der Waals surface area contributed by atoms with Crippen LogP contribution in [0.2, 0.25) is 0 Å². The minimum atomic E-state index is -0.263. The first-order valence-electron chi connectivity index (χ1n) is 14.6. The first-order chi connectivity index (χ1) is 19.7. The monoisotopic (exact) mass is 549 g/mol. The van der Waals surface area contributed by atoms with Gasteiger partial charge in [-0.3, -0.25) is 14.5 Å². The van der Waals surface area contributed by atoms with Gasteiger partial charge < -0.3 is 18.9 Å². The van der Waals surface area contributed by atoms with Gasteiger partial charge in [-0.05, 0) is 48.8 Å². The lowest BCUT2D eigenvalue weighted by molar-refractivity contribution is -0.153. The Hall–Kier alpha value is -2.84. The van der Waals surface area contributed by atoms with Crippen LogP contribution in [-0.2, 0) is 35.0 Å². The number of benzene rings is 2. The van der Waals surface area contributed by atoms with Crippen molar-refractivity contribution in [3.63, 3.8) is 0 Å². The molecule has 40 heavy (non-hydrogen) atoms. The minimum Gasteiger partial charge on any atom is -0.438 e. The van der Waals surface area contributed by atoms with E-state index in [4.69, 9.17) is 18.9 Å². The smallest absolute Gasteiger partial charge is 0.308 e. The number of aryl methyl sites for hydroxylation is 1. The molecule has 1 saturated heterocycles. The molecule has 216 valence electrons. The molecule has 4 rings (SSSR count). The zero-order chi connectivity index (χ0) is 28.0. The van der Waals surface area contributed by atoms with E-state index in [0.29, 0.717) is 44.9 Å². The van der Waals surface area contributed by atoms with Gasteiger partial charge in [-0.15, -0.1) is 0 Å². The van der Waals surface area contributed by atoms with E-state index in [0.717, 1.165) is 38.8 Å². The SMILES string of the molecule is COCOC(=O)CC/C=C\CCC1[C@@H](OCCCc2ccc(-c3ccccc3)cc2)CC(=O)[C@@H]1N1CCOCC1. The quantitative estimate of drug-likeness (QED) is 0.130. The van der Waals surface area contributed by atoms with Crippen molar-refractivity contribution in [2.24, 2.45) is 5.92 Å². The third-order valence-electron chi connectivity index (χ3n) is 7.74. The van der Waals surface area contributed by atoms with E-state index < -0.39 is 0 Å². The highest BCUT2D eigenvalue weighted by molar-refractivity contribution is 5.87. The van der Waals surface area contributed by atoms with Gasteiger partial charge in [0.1, 0.15) is 0 Å². The first-order valence-corrected chi connectivity index (χ1v) is 14.6. The summed E-state index contributed by atoms with van der Waals surface area (Å²) in [5, 5.41) is 0. The second-order valence-corrected chi connectivity index (χ2v) is 10.5. The maximum atomic E-state index is 13.2. The normalized spacial score (nSPS) is 21.7. The summed E-state index contributed by atoms with van der Waals surface area (Å²) >= 11 is 0. The summed E-state index contributed by atoms with van der Waals surface area (Å²) in [7, 11) is 1.49. The predicted octanol–water partition coefficient (Wildman–Crippen LogP) is 5.22. The fraction of sp³-hybridized carbons (Fsp3) is 0.515. The zero-order valence-corrected chi connectivity index (χ0v) is 23.7. The summed E-state index contributed by atoms with van der Waals surface area (Å²) in [6.45, 7) is 3.55. The van der Waals surface area contributed by atoms with Gasteiger partial charge in [0.15, 0.2) is 12.6 Å². The van der Waals surface area contributed by atoms with Gasteiger partial charge in [0.05, 0.1) is 25.4 Å². The highest BCUT2D eigenvalue weighted by atomic mass is 16.7. The van der Waals surface area contributed by atoms with Crippen molar-refractivity contribution in [2.75, 3.05) is 46.8 Å². The average molecular weight is 550 g/mol. The number of methoxy groups -OCH3 is 1. The molecule has 2 aliphatic rings. The number of ether oxygens (including phenoxy) is 4. The van der Waals surface area contributed by atoms with Crippen LogP contribution in [0.25, 0.3) is 11.1 Å². The highest BCUT2D eigenvalue weighted by Gasteiger charge is 2.45. The Bertz CT molecular complexity index is 1060. The van der Waals surface area contributed by atoms with Crippen molar-refractivity contribution in [3.8, 4) is 11.1 Å². The summed E-state index contributed by atoms with van der Waals surface area (Å²) in [5.74, 6) is 0.186. The molecule has 2 aromatic rings. The Balaban J connectivity index is 1.26. The number of ketones is 1. The van der Waals surface area contributed by atoms with Crippen molar-refractivity contribution < 1.29 is 28.5 Å². The molecule has 1 unspecified atom stereocenters. The summed E-state index contributed by atoms with van der Waals surface area (Å²) in [6, 6.07) is 19.1. The molecule has 1 aliphatic heterocycles. The first kappa shape index (κ1) is 30.1. The van der Waals surface area contributed by atoms with Crippen LogP contribution in [0.5, 0.6) is 0 Å². The van der Waals surface area contributed by atoms with Crippen molar-refractivity contribution in [3.05, 3.63) is 72.3 Å². The number of rotatable bonds is 15. The number of hydrogen-bond donors (Lipinski definition) is 0. The van der Waals surface area contributed by atoms with Gasteiger partial charge in [0, 0.05) is 45.6 Å². The van der Waals surface area contributed by atoms with Crippen molar-refractivity contribution in [1.29, 1.82) is 0 Å². The second-order valence-electron chi connectivity index (χ2n) is 10.5. The Morgan fingerprint density at radius 1 is 1.00 bits per heavy atom. The van der Waals surface area contributed by atoms with Crippen LogP contribution in [-0.4, -0.2) is 75.6 Å². The Labute approximate surface area is 238 Å². The Kier molecular flexibility index (Phi) is 12.4. The molecule has 0 bridgehead atoms. The number of carbonyl (C=O) groups excluding carboxylic acids is 2. The van der Waals surface area contributed by atoms with Crippen LogP contribution in [0.15, 0.2) is 66.7 Å².